The number of nitrogens with zero attached hydrogens (tertiary/aromatic N) is 1. The van der Waals surface area contributed by atoms with Crippen molar-refractivity contribution in [3.8, 4) is 0 Å². The van der Waals surface area contributed by atoms with Crippen LogP contribution in [-0.4, -0.2) is 31.0 Å². The highest BCUT2D eigenvalue weighted by atomic mass is 79.9. The number of alkyl halides is 2. The Morgan fingerprint density at radius 1 is 1.43 bits per heavy atom. The molecule has 2 saturated heterocycles. The molecule has 2 nitrogen and oxygen atoms in total. The predicted octanol–water partition coefficient (Wildman–Crippen LogP) is 2.69. The van der Waals surface area contributed by atoms with Gasteiger partial charge in [-0.05, 0) is 19.3 Å². The van der Waals surface area contributed by atoms with E-state index in [0.717, 1.165) is 17.3 Å². The molecule has 14 heavy (non-hydrogen) atoms. The summed E-state index contributed by atoms with van der Waals surface area (Å²) in [5, 5.41) is 10.7. The maximum Gasteiger partial charge on any atom is 0.177 e. The molecule has 0 radical (unpaired) electrons. The van der Waals surface area contributed by atoms with Crippen molar-refractivity contribution in [1.82, 2.24) is 4.90 Å². The summed E-state index contributed by atoms with van der Waals surface area (Å²) in [7, 11) is 0. The monoisotopic (exact) mass is 385 g/mol. The molecular weight excluding hydrogens is 378 g/mol. The fourth-order valence-electron chi connectivity index (χ4n) is 2.99. The first-order valence-electron chi connectivity index (χ1n) is 4.73. The molecule has 0 saturated carbocycles. The number of halogens is 3. The molecule has 1 N–H and O–H groups in total. The van der Waals surface area contributed by atoms with Gasteiger partial charge in [0.05, 0.1) is 0 Å². The molecule has 3 unspecified atom stereocenters. The number of hydrogen-bond acceptors (Lipinski definition) is 2. The molecule has 0 aliphatic carbocycles. The smallest absolute Gasteiger partial charge is 0.177 e. The van der Waals surface area contributed by atoms with E-state index >= 15 is 0 Å². The maximum atomic E-state index is 10.7. The zero-order valence-corrected chi connectivity index (χ0v) is 12.1. The van der Waals surface area contributed by atoms with E-state index < -0.39 is 8.96 Å². The van der Waals surface area contributed by atoms with Crippen molar-refractivity contribution in [2.75, 3.05) is 0 Å². The molecule has 0 aromatic rings. The Bertz CT molecular complexity index is 330. The third kappa shape index (κ3) is 0.986. The summed E-state index contributed by atoms with van der Waals surface area (Å²) in [6.07, 6.45) is 5.43. The number of rotatable bonds is 0. The van der Waals surface area contributed by atoms with Gasteiger partial charge >= 0.3 is 0 Å². The van der Waals surface area contributed by atoms with Crippen molar-refractivity contribution in [2.45, 2.75) is 40.3 Å². The van der Waals surface area contributed by atoms with Crippen LogP contribution in [0.1, 0.15) is 19.3 Å². The van der Waals surface area contributed by atoms with Crippen LogP contribution in [0.4, 0.5) is 0 Å². The molecule has 0 bridgehead atoms. The molecule has 78 valence electrons. The molecule has 0 amide bonds. The maximum absolute atomic E-state index is 10.7. The lowest BCUT2D eigenvalue weighted by molar-refractivity contribution is -0.0413. The van der Waals surface area contributed by atoms with E-state index in [9.17, 15) is 5.11 Å². The van der Waals surface area contributed by atoms with E-state index in [0.29, 0.717) is 12.1 Å². The van der Waals surface area contributed by atoms with Gasteiger partial charge in [-0.1, -0.05) is 53.9 Å². The molecule has 2 fully saturated rings. The van der Waals surface area contributed by atoms with E-state index in [1.54, 1.807) is 0 Å². The zero-order valence-electron chi connectivity index (χ0n) is 7.38. The highest BCUT2D eigenvalue weighted by Crippen LogP contribution is 2.62. The fraction of sp³-hybridized carbons (Fsp3) is 0.778. The van der Waals surface area contributed by atoms with Crippen molar-refractivity contribution in [2.24, 2.45) is 0 Å². The van der Waals surface area contributed by atoms with Gasteiger partial charge in [0.25, 0.3) is 0 Å². The Balaban J connectivity index is 2.14. The first kappa shape index (κ1) is 10.3. The summed E-state index contributed by atoms with van der Waals surface area (Å²) in [5.41, 5.74) is -0.890. The molecule has 0 aromatic carbocycles. The quantitative estimate of drug-likeness (QED) is 0.646. The lowest BCUT2D eigenvalue weighted by Gasteiger charge is -2.36. The van der Waals surface area contributed by atoms with Crippen LogP contribution in [0.15, 0.2) is 10.6 Å². The minimum atomic E-state index is -0.890. The highest BCUT2D eigenvalue weighted by molar-refractivity contribution is 9.25. The molecule has 3 aliphatic heterocycles. The van der Waals surface area contributed by atoms with Gasteiger partial charge in [-0.25, -0.2) is 0 Å². The van der Waals surface area contributed by atoms with Crippen LogP contribution in [0.25, 0.3) is 0 Å². The lowest BCUT2D eigenvalue weighted by atomic mass is 10.1. The Hall–Kier alpha value is 1.10. The first-order chi connectivity index (χ1) is 6.47. The van der Waals surface area contributed by atoms with Crippen LogP contribution >= 0.6 is 47.8 Å². The van der Waals surface area contributed by atoms with Crippen molar-refractivity contribution < 1.29 is 5.11 Å². The van der Waals surface area contributed by atoms with Gasteiger partial charge in [-0.15, -0.1) is 0 Å². The normalized spacial score (nSPS) is 49.6. The first-order valence-corrected chi connectivity index (χ1v) is 7.11. The topological polar surface area (TPSA) is 23.5 Å². The Morgan fingerprint density at radius 2 is 2.14 bits per heavy atom. The third-order valence-electron chi connectivity index (χ3n) is 3.59. The molecular formula is C9H10Br3NO. The van der Waals surface area contributed by atoms with Crippen molar-refractivity contribution in [3.05, 3.63) is 10.6 Å². The standard InChI is InChI=1S/C9H10Br3NO/c10-7-3-5-1-2-6-4-8(11,12)9(7,14)13(5)6/h3,5-6,14H,1-2,4H2. The second-order valence-corrected chi connectivity index (χ2v) is 8.93. The second kappa shape index (κ2) is 2.86. The van der Waals surface area contributed by atoms with E-state index in [1.165, 1.54) is 6.42 Å². The van der Waals surface area contributed by atoms with Crippen molar-refractivity contribution in [1.29, 1.82) is 0 Å². The second-order valence-electron chi connectivity index (χ2n) is 4.30. The average Bonchev–Trinajstić information content (AvgIpc) is 2.61. The molecule has 3 aliphatic rings. The summed E-state index contributed by atoms with van der Waals surface area (Å²) < 4.78 is 0.494. The van der Waals surface area contributed by atoms with Gasteiger partial charge in [-0.2, -0.15) is 0 Å². The fourth-order valence-corrected chi connectivity index (χ4v) is 5.96. The lowest BCUT2D eigenvalue weighted by Crippen LogP contribution is -2.51. The molecule has 0 aromatic heterocycles. The van der Waals surface area contributed by atoms with Crippen LogP contribution in [0, 0.1) is 0 Å². The molecule has 5 heteroatoms. The highest BCUT2D eigenvalue weighted by Gasteiger charge is 2.67. The van der Waals surface area contributed by atoms with Gasteiger partial charge in [0, 0.05) is 16.6 Å². The minimum absolute atomic E-state index is 0.401. The average molecular weight is 388 g/mol. The minimum Gasteiger partial charge on any atom is -0.369 e. The molecule has 3 heterocycles. The number of hydrogen-bond donors (Lipinski definition) is 1. The van der Waals surface area contributed by atoms with Crippen molar-refractivity contribution >= 4 is 47.8 Å². The largest absolute Gasteiger partial charge is 0.369 e. The zero-order chi connectivity index (χ0) is 10.1. The van der Waals surface area contributed by atoms with E-state index in [2.05, 4.69) is 58.8 Å². The summed E-state index contributed by atoms with van der Waals surface area (Å²) >= 11 is 10.7. The predicted molar refractivity (Wildman–Crippen MR) is 65.8 cm³/mol. The van der Waals surface area contributed by atoms with Gasteiger partial charge < -0.3 is 5.11 Å². The van der Waals surface area contributed by atoms with Crippen LogP contribution < -0.4 is 0 Å². The van der Waals surface area contributed by atoms with Gasteiger partial charge in [-0.3, -0.25) is 4.90 Å². The van der Waals surface area contributed by atoms with E-state index in [1.807, 2.05) is 0 Å². The molecule has 3 rings (SSSR count). The SMILES string of the molecule is OC12C(Br)=CC3CCC(CC1(Br)Br)N32. The van der Waals surface area contributed by atoms with Crippen LogP contribution in [0.2, 0.25) is 0 Å². The van der Waals surface area contributed by atoms with Crippen LogP contribution in [-0.2, 0) is 0 Å². The van der Waals surface area contributed by atoms with Crippen LogP contribution in [0.3, 0.4) is 0 Å². The van der Waals surface area contributed by atoms with Crippen molar-refractivity contribution in [3.63, 3.8) is 0 Å². The Morgan fingerprint density at radius 3 is 2.86 bits per heavy atom. The van der Waals surface area contributed by atoms with E-state index in [-0.39, 0.29) is 0 Å². The van der Waals surface area contributed by atoms with E-state index in [4.69, 9.17) is 0 Å². The van der Waals surface area contributed by atoms with Crippen LogP contribution in [0.5, 0.6) is 0 Å². The number of aliphatic hydroxyl groups is 1. The van der Waals surface area contributed by atoms with Gasteiger partial charge in [0.1, 0.15) is 3.23 Å². The summed E-state index contributed by atoms with van der Waals surface area (Å²) in [4.78, 5) is 2.22. The summed E-state index contributed by atoms with van der Waals surface area (Å²) in [5.74, 6) is 0. The Kier molecular flexibility index (Phi) is 2.10. The molecule has 0 spiro atoms. The third-order valence-corrected chi connectivity index (χ3v) is 6.16. The molecule has 3 atom stereocenters. The summed E-state index contributed by atoms with van der Waals surface area (Å²) in [6.45, 7) is 0. The summed E-state index contributed by atoms with van der Waals surface area (Å²) in [6, 6.07) is 0.909. The van der Waals surface area contributed by atoms with Gasteiger partial charge in [0.15, 0.2) is 5.72 Å². The van der Waals surface area contributed by atoms with Gasteiger partial charge in [0.2, 0.25) is 0 Å². The Labute approximate surface area is 108 Å².